The molecular formula is C21H17NO3. The van der Waals surface area contributed by atoms with Gasteiger partial charge in [-0.1, -0.05) is 24.3 Å². The Morgan fingerprint density at radius 2 is 1.08 bits per heavy atom. The van der Waals surface area contributed by atoms with Gasteiger partial charge >= 0.3 is 0 Å². The van der Waals surface area contributed by atoms with E-state index in [-0.39, 0.29) is 11.6 Å². The number of benzene rings is 3. The zero-order chi connectivity index (χ0) is 17.8. The summed E-state index contributed by atoms with van der Waals surface area (Å²) in [6.45, 7) is 1.50. The lowest BCUT2D eigenvalue weighted by Crippen LogP contribution is -2.02. The van der Waals surface area contributed by atoms with Crippen LogP contribution in [0.4, 0.5) is 5.69 Å². The number of ketones is 2. The molecule has 0 saturated heterocycles. The first-order chi connectivity index (χ1) is 12.0. The van der Waals surface area contributed by atoms with Crippen molar-refractivity contribution in [2.45, 2.75) is 6.92 Å². The van der Waals surface area contributed by atoms with Gasteiger partial charge in [0.1, 0.15) is 11.5 Å². The number of hydrogen-bond acceptors (Lipinski definition) is 4. The quantitative estimate of drug-likeness (QED) is 0.552. The van der Waals surface area contributed by atoms with Crippen LogP contribution in [-0.2, 0) is 0 Å². The van der Waals surface area contributed by atoms with Crippen molar-refractivity contribution in [2.24, 2.45) is 0 Å². The van der Waals surface area contributed by atoms with Gasteiger partial charge in [0.15, 0.2) is 11.6 Å². The Bertz CT molecular complexity index is 895. The molecule has 0 amide bonds. The van der Waals surface area contributed by atoms with E-state index in [4.69, 9.17) is 10.5 Å². The van der Waals surface area contributed by atoms with E-state index in [2.05, 4.69) is 0 Å². The molecule has 0 aliphatic carbocycles. The van der Waals surface area contributed by atoms with Crippen molar-refractivity contribution in [2.75, 3.05) is 5.73 Å². The first-order valence-corrected chi connectivity index (χ1v) is 7.82. The Balaban J connectivity index is 1.73. The lowest BCUT2D eigenvalue weighted by Gasteiger charge is -2.07. The predicted octanol–water partition coefficient (Wildman–Crippen LogP) is 4.49. The molecule has 3 aromatic rings. The van der Waals surface area contributed by atoms with Crippen LogP contribution in [0, 0.1) is 0 Å². The maximum absolute atomic E-state index is 12.5. The minimum absolute atomic E-state index is 0.0248. The van der Waals surface area contributed by atoms with Crippen LogP contribution < -0.4 is 10.5 Å². The SMILES string of the molecule is CC(=O)c1ccc(C(=O)c2ccc(Oc3ccc(N)cc3)cc2)cc1. The zero-order valence-corrected chi connectivity index (χ0v) is 13.7. The smallest absolute Gasteiger partial charge is 0.193 e. The average Bonchev–Trinajstić information content (AvgIpc) is 2.64. The first kappa shape index (κ1) is 16.5. The third-order valence-electron chi connectivity index (χ3n) is 3.79. The topological polar surface area (TPSA) is 69.4 Å². The molecule has 0 aliphatic heterocycles. The highest BCUT2D eigenvalue weighted by Gasteiger charge is 2.10. The Labute approximate surface area is 145 Å². The number of anilines is 1. The van der Waals surface area contributed by atoms with Gasteiger partial charge in [-0.2, -0.15) is 0 Å². The van der Waals surface area contributed by atoms with Crippen molar-refractivity contribution in [1.29, 1.82) is 0 Å². The van der Waals surface area contributed by atoms with Crippen molar-refractivity contribution in [3.8, 4) is 11.5 Å². The summed E-state index contributed by atoms with van der Waals surface area (Å²) < 4.78 is 5.71. The lowest BCUT2D eigenvalue weighted by atomic mass is 10.0. The monoisotopic (exact) mass is 331 g/mol. The predicted molar refractivity (Wildman–Crippen MR) is 97.2 cm³/mol. The van der Waals surface area contributed by atoms with Crippen molar-refractivity contribution in [3.05, 3.63) is 89.5 Å². The van der Waals surface area contributed by atoms with E-state index in [1.807, 2.05) is 0 Å². The number of hydrogen-bond donors (Lipinski definition) is 1. The highest BCUT2D eigenvalue weighted by molar-refractivity contribution is 6.09. The fraction of sp³-hybridized carbons (Fsp3) is 0.0476. The van der Waals surface area contributed by atoms with Gasteiger partial charge < -0.3 is 10.5 Å². The molecule has 0 aromatic heterocycles. The number of carbonyl (C=O) groups is 2. The summed E-state index contributed by atoms with van der Waals surface area (Å²) in [5.41, 5.74) is 7.99. The third-order valence-corrected chi connectivity index (χ3v) is 3.79. The summed E-state index contributed by atoms with van der Waals surface area (Å²) >= 11 is 0. The molecule has 0 atom stereocenters. The van der Waals surface area contributed by atoms with Gasteiger partial charge in [-0.05, 0) is 55.5 Å². The number of ether oxygens (including phenoxy) is 1. The molecule has 124 valence electrons. The molecule has 0 saturated carbocycles. The fourth-order valence-corrected chi connectivity index (χ4v) is 2.37. The first-order valence-electron chi connectivity index (χ1n) is 7.82. The van der Waals surface area contributed by atoms with Crippen LogP contribution in [0.25, 0.3) is 0 Å². The largest absolute Gasteiger partial charge is 0.457 e. The summed E-state index contributed by atoms with van der Waals surface area (Å²) in [6.07, 6.45) is 0. The second-order valence-electron chi connectivity index (χ2n) is 5.66. The van der Waals surface area contributed by atoms with Gasteiger partial charge in [0, 0.05) is 22.4 Å². The molecule has 4 nitrogen and oxygen atoms in total. The highest BCUT2D eigenvalue weighted by Crippen LogP contribution is 2.23. The highest BCUT2D eigenvalue weighted by atomic mass is 16.5. The molecule has 25 heavy (non-hydrogen) atoms. The van der Waals surface area contributed by atoms with E-state index in [1.54, 1.807) is 72.8 Å². The second kappa shape index (κ2) is 7.01. The van der Waals surface area contributed by atoms with Crippen molar-refractivity contribution in [3.63, 3.8) is 0 Å². The molecule has 0 radical (unpaired) electrons. The van der Waals surface area contributed by atoms with Crippen LogP contribution >= 0.6 is 0 Å². The summed E-state index contributed by atoms with van der Waals surface area (Å²) in [4.78, 5) is 23.8. The second-order valence-corrected chi connectivity index (χ2v) is 5.66. The van der Waals surface area contributed by atoms with Crippen LogP contribution in [0.2, 0.25) is 0 Å². The van der Waals surface area contributed by atoms with Crippen LogP contribution in [-0.4, -0.2) is 11.6 Å². The van der Waals surface area contributed by atoms with Gasteiger partial charge in [0.25, 0.3) is 0 Å². The Kier molecular flexibility index (Phi) is 4.61. The van der Waals surface area contributed by atoms with Gasteiger partial charge in [-0.3, -0.25) is 9.59 Å². The third kappa shape index (κ3) is 3.93. The minimum atomic E-state index is -0.103. The molecule has 0 spiro atoms. The minimum Gasteiger partial charge on any atom is -0.457 e. The van der Waals surface area contributed by atoms with Crippen LogP contribution in [0.3, 0.4) is 0 Å². The van der Waals surface area contributed by atoms with Crippen LogP contribution in [0.5, 0.6) is 11.5 Å². The molecule has 3 rings (SSSR count). The summed E-state index contributed by atoms with van der Waals surface area (Å²) in [5, 5.41) is 0. The maximum Gasteiger partial charge on any atom is 0.193 e. The summed E-state index contributed by atoms with van der Waals surface area (Å²) in [6, 6.07) is 20.7. The van der Waals surface area contributed by atoms with Crippen LogP contribution in [0.1, 0.15) is 33.2 Å². The summed E-state index contributed by atoms with van der Waals surface area (Å²) in [5.74, 6) is 1.18. The molecular weight excluding hydrogens is 314 g/mol. The van der Waals surface area contributed by atoms with E-state index in [0.717, 1.165) is 0 Å². The molecule has 2 N–H and O–H groups in total. The molecule has 0 fully saturated rings. The van der Waals surface area contributed by atoms with Crippen molar-refractivity contribution < 1.29 is 14.3 Å². The average molecular weight is 331 g/mol. The number of rotatable bonds is 5. The maximum atomic E-state index is 12.5. The Hall–Kier alpha value is -3.40. The molecule has 0 aliphatic rings. The molecule has 0 heterocycles. The standard InChI is InChI=1S/C21H17NO3/c1-14(23)15-2-4-16(5-3-15)21(24)17-6-10-19(11-7-17)25-20-12-8-18(22)9-13-20/h2-13H,22H2,1H3. The van der Waals surface area contributed by atoms with E-state index in [9.17, 15) is 9.59 Å². The van der Waals surface area contributed by atoms with E-state index in [1.165, 1.54) is 6.92 Å². The molecule has 4 heteroatoms. The Morgan fingerprint density at radius 3 is 1.56 bits per heavy atom. The lowest BCUT2D eigenvalue weighted by molar-refractivity contribution is 0.101. The fourth-order valence-electron chi connectivity index (χ4n) is 2.37. The number of carbonyl (C=O) groups excluding carboxylic acids is 2. The van der Waals surface area contributed by atoms with Gasteiger partial charge in [0.2, 0.25) is 0 Å². The molecule has 3 aromatic carbocycles. The number of Topliss-reactive ketones (excluding diaryl/α,β-unsaturated/α-hetero) is 1. The molecule has 0 bridgehead atoms. The van der Waals surface area contributed by atoms with Gasteiger partial charge in [0.05, 0.1) is 0 Å². The van der Waals surface area contributed by atoms with E-state index in [0.29, 0.717) is 33.9 Å². The van der Waals surface area contributed by atoms with Crippen LogP contribution in [0.15, 0.2) is 72.8 Å². The number of nitrogens with two attached hydrogens (primary N) is 1. The van der Waals surface area contributed by atoms with E-state index >= 15 is 0 Å². The van der Waals surface area contributed by atoms with E-state index < -0.39 is 0 Å². The number of nitrogen functional groups attached to an aromatic ring is 1. The van der Waals surface area contributed by atoms with Crippen molar-refractivity contribution in [1.82, 2.24) is 0 Å². The summed E-state index contributed by atoms with van der Waals surface area (Å²) in [7, 11) is 0. The zero-order valence-electron chi connectivity index (χ0n) is 13.7. The van der Waals surface area contributed by atoms with Gasteiger partial charge in [-0.15, -0.1) is 0 Å². The van der Waals surface area contributed by atoms with Crippen molar-refractivity contribution >= 4 is 17.3 Å². The van der Waals surface area contributed by atoms with Gasteiger partial charge in [-0.25, -0.2) is 0 Å². The Morgan fingerprint density at radius 1 is 0.680 bits per heavy atom. The molecule has 0 unspecified atom stereocenters. The normalized spacial score (nSPS) is 10.3.